The third-order valence-corrected chi connectivity index (χ3v) is 7.68. The lowest BCUT2D eigenvalue weighted by atomic mass is 9.81. The number of hydrogen-bond donors (Lipinski definition) is 2. The molecule has 176 valence electrons. The highest BCUT2D eigenvalue weighted by Crippen LogP contribution is 2.50. The Hall–Kier alpha value is -2.80. The zero-order valence-corrected chi connectivity index (χ0v) is 20.1. The maximum absolute atomic E-state index is 12.4. The Morgan fingerprint density at radius 3 is 2.21 bits per heavy atom. The van der Waals surface area contributed by atoms with Crippen molar-refractivity contribution in [2.24, 2.45) is 11.8 Å². The summed E-state index contributed by atoms with van der Waals surface area (Å²) in [6, 6.07) is 22.4. The number of aliphatic hydroxyl groups excluding tert-OH is 1. The van der Waals surface area contributed by atoms with Gasteiger partial charge in [-0.05, 0) is 71.0 Å². The van der Waals surface area contributed by atoms with Crippen molar-refractivity contribution < 1.29 is 24.5 Å². The summed E-state index contributed by atoms with van der Waals surface area (Å²) in [5.74, 6) is -2.47. The average molecular weight is 497 g/mol. The van der Waals surface area contributed by atoms with E-state index in [0.717, 1.165) is 28.5 Å². The molecule has 1 aliphatic carbocycles. The van der Waals surface area contributed by atoms with E-state index in [2.05, 4.69) is 0 Å². The van der Waals surface area contributed by atoms with Crippen molar-refractivity contribution in [3.8, 4) is 11.1 Å². The topological polar surface area (TPSA) is 83.8 Å². The van der Waals surface area contributed by atoms with Gasteiger partial charge in [0.15, 0.2) is 0 Å². The SMILES string of the molecule is COC(=O)Sc1ccccc1C1CCC(C(O)c2ccc(-c3ccc(Cl)cc3)cc2)C1C(=O)O. The van der Waals surface area contributed by atoms with E-state index < -0.39 is 29.2 Å². The average Bonchev–Trinajstić information content (AvgIpc) is 3.30. The molecule has 34 heavy (non-hydrogen) atoms. The van der Waals surface area contributed by atoms with Crippen LogP contribution in [0.2, 0.25) is 5.02 Å². The molecule has 7 heteroatoms. The number of thioether (sulfide) groups is 1. The van der Waals surface area contributed by atoms with Gasteiger partial charge in [-0.1, -0.05) is 66.2 Å². The van der Waals surface area contributed by atoms with Gasteiger partial charge in [-0.3, -0.25) is 4.79 Å². The fourth-order valence-electron chi connectivity index (χ4n) is 4.86. The standard InChI is InChI=1S/C27H25ClO5S/c1-33-27(32)34-23-5-3-2-4-20(23)21-14-15-22(24(21)26(30)31)25(29)18-8-6-16(7-9-18)17-10-12-19(28)13-11-17/h2-13,21-22,24-25,29H,14-15H2,1H3,(H,30,31). The van der Waals surface area contributed by atoms with Crippen molar-refractivity contribution in [1.29, 1.82) is 0 Å². The molecule has 0 saturated heterocycles. The van der Waals surface area contributed by atoms with Crippen LogP contribution in [0.15, 0.2) is 77.7 Å². The van der Waals surface area contributed by atoms with Crippen LogP contribution in [0.25, 0.3) is 11.1 Å². The van der Waals surface area contributed by atoms with Crippen molar-refractivity contribution in [1.82, 2.24) is 0 Å². The van der Waals surface area contributed by atoms with Crippen LogP contribution in [0, 0.1) is 11.8 Å². The van der Waals surface area contributed by atoms with E-state index in [4.69, 9.17) is 16.3 Å². The first kappa shape index (κ1) is 24.3. The van der Waals surface area contributed by atoms with E-state index in [9.17, 15) is 19.8 Å². The second kappa shape index (κ2) is 10.6. The quantitative estimate of drug-likeness (QED) is 0.288. The van der Waals surface area contributed by atoms with Crippen LogP contribution < -0.4 is 0 Å². The number of carbonyl (C=O) groups is 2. The molecule has 1 fully saturated rings. The third-order valence-electron chi connectivity index (χ3n) is 6.50. The Kier molecular flexibility index (Phi) is 7.61. The number of carboxylic acids is 1. The minimum Gasteiger partial charge on any atom is -0.481 e. The number of aliphatic hydroxyl groups is 1. The zero-order valence-electron chi connectivity index (χ0n) is 18.6. The van der Waals surface area contributed by atoms with Gasteiger partial charge in [0.1, 0.15) is 0 Å². The molecule has 4 atom stereocenters. The van der Waals surface area contributed by atoms with Gasteiger partial charge in [-0.25, -0.2) is 4.79 Å². The predicted molar refractivity (Wildman–Crippen MR) is 133 cm³/mol. The molecule has 4 unspecified atom stereocenters. The molecule has 1 saturated carbocycles. The van der Waals surface area contributed by atoms with Crippen molar-refractivity contribution >= 4 is 34.6 Å². The van der Waals surface area contributed by atoms with Gasteiger partial charge < -0.3 is 14.9 Å². The Balaban J connectivity index is 1.58. The molecule has 0 bridgehead atoms. The Morgan fingerprint density at radius 1 is 0.971 bits per heavy atom. The van der Waals surface area contributed by atoms with Crippen molar-refractivity contribution in [3.05, 3.63) is 88.9 Å². The largest absolute Gasteiger partial charge is 0.481 e. The molecule has 0 aromatic heterocycles. The van der Waals surface area contributed by atoms with Crippen molar-refractivity contribution in [3.63, 3.8) is 0 Å². The molecule has 2 N–H and O–H groups in total. The molecule has 4 rings (SSSR count). The molecule has 5 nitrogen and oxygen atoms in total. The van der Waals surface area contributed by atoms with E-state index in [-0.39, 0.29) is 5.92 Å². The maximum Gasteiger partial charge on any atom is 0.371 e. The van der Waals surface area contributed by atoms with Crippen LogP contribution in [0.4, 0.5) is 4.79 Å². The fourth-order valence-corrected chi connectivity index (χ4v) is 5.73. The minimum absolute atomic E-state index is 0.307. The smallest absolute Gasteiger partial charge is 0.371 e. The summed E-state index contributed by atoms with van der Waals surface area (Å²) < 4.78 is 4.77. The number of benzene rings is 3. The lowest BCUT2D eigenvalue weighted by Crippen LogP contribution is -2.27. The molecule has 3 aromatic rings. The Labute approximate surface area is 207 Å². The monoisotopic (exact) mass is 496 g/mol. The number of carbonyl (C=O) groups excluding carboxylic acids is 1. The van der Waals surface area contributed by atoms with E-state index in [1.165, 1.54) is 7.11 Å². The second-order valence-corrected chi connectivity index (χ2v) is 9.79. The van der Waals surface area contributed by atoms with Crippen LogP contribution in [0.5, 0.6) is 0 Å². The van der Waals surface area contributed by atoms with Gasteiger partial charge in [-0.2, -0.15) is 0 Å². The number of aliphatic carboxylic acids is 1. The molecule has 0 amide bonds. The predicted octanol–water partition coefficient (Wildman–Crippen LogP) is 6.79. The maximum atomic E-state index is 12.4. The Bertz CT molecular complexity index is 1160. The molecule has 0 heterocycles. The number of ether oxygens (including phenoxy) is 1. The van der Waals surface area contributed by atoms with Gasteiger partial charge in [0.05, 0.1) is 19.1 Å². The first-order valence-corrected chi connectivity index (χ1v) is 12.2. The molecular formula is C27H25ClO5S. The summed E-state index contributed by atoms with van der Waals surface area (Å²) >= 11 is 6.92. The van der Waals surface area contributed by atoms with Gasteiger partial charge in [0.2, 0.25) is 0 Å². The highest BCUT2D eigenvalue weighted by atomic mass is 35.5. The lowest BCUT2D eigenvalue weighted by molar-refractivity contribution is -0.145. The molecular weight excluding hydrogens is 472 g/mol. The normalized spacial score (nSPS) is 20.6. The number of carboxylic acid groups (broad SMARTS) is 1. The summed E-state index contributed by atoms with van der Waals surface area (Å²) in [4.78, 5) is 24.9. The summed E-state index contributed by atoms with van der Waals surface area (Å²) in [5, 5.41) is 21.5. The molecule has 0 aliphatic heterocycles. The fraction of sp³-hybridized carbons (Fsp3) is 0.259. The first-order valence-electron chi connectivity index (χ1n) is 11.0. The number of hydrogen-bond acceptors (Lipinski definition) is 5. The van der Waals surface area contributed by atoms with E-state index in [1.807, 2.05) is 66.7 Å². The minimum atomic E-state index is -0.942. The van der Waals surface area contributed by atoms with Crippen LogP contribution in [0.3, 0.4) is 0 Å². The molecule has 0 radical (unpaired) electrons. The van der Waals surface area contributed by atoms with Crippen molar-refractivity contribution in [2.75, 3.05) is 7.11 Å². The van der Waals surface area contributed by atoms with Gasteiger partial charge in [0.25, 0.3) is 0 Å². The van der Waals surface area contributed by atoms with Crippen LogP contribution in [-0.4, -0.2) is 28.6 Å². The third kappa shape index (κ3) is 5.14. The zero-order chi connectivity index (χ0) is 24.2. The number of rotatable bonds is 6. The Morgan fingerprint density at radius 2 is 1.59 bits per heavy atom. The van der Waals surface area contributed by atoms with Crippen LogP contribution in [-0.2, 0) is 9.53 Å². The lowest BCUT2D eigenvalue weighted by Gasteiger charge is -2.26. The molecule has 0 spiro atoms. The summed E-state index contributed by atoms with van der Waals surface area (Å²) in [7, 11) is 1.32. The van der Waals surface area contributed by atoms with E-state index in [1.54, 1.807) is 6.07 Å². The van der Waals surface area contributed by atoms with Crippen LogP contribution >= 0.6 is 23.4 Å². The number of halogens is 1. The summed E-state index contributed by atoms with van der Waals surface area (Å²) in [6.07, 6.45) is 0.269. The van der Waals surface area contributed by atoms with Crippen LogP contribution in [0.1, 0.15) is 36.0 Å². The molecule has 1 aliphatic rings. The molecule has 3 aromatic carbocycles. The highest BCUT2D eigenvalue weighted by molar-refractivity contribution is 8.13. The van der Waals surface area contributed by atoms with Crippen molar-refractivity contribution in [2.45, 2.75) is 29.8 Å². The van der Waals surface area contributed by atoms with Gasteiger partial charge >= 0.3 is 11.3 Å². The summed E-state index contributed by atoms with van der Waals surface area (Å²) in [5.41, 5.74) is 3.49. The van der Waals surface area contributed by atoms with Gasteiger partial charge in [0, 0.05) is 15.8 Å². The first-order chi connectivity index (χ1) is 16.4. The van der Waals surface area contributed by atoms with E-state index >= 15 is 0 Å². The summed E-state index contributed by atoms with van der Waals surface area (Å²) in [6.45, 7) is 0. The van der Waals surface area contributed by atoms with E-state index in [0.29, 0.717) is 28.3 Å². The second-order valence-electron chi connectivity index (χ2n) is 8.38. The van der Waals surface area contributed by atoms with Gasteiger partial charge in [-0.15, -0.1) is 0 Å². The number of methoxy groups -OCH3 is 1. The highest BCUT2D eigenvalue weighted by Gasteiger charge is 2.46.